The Hall–Kier alpha value is -2.40. The standard InChI is InChI=1S/C15H13ClN2O3/c1-8-3-4-13(10(5-8)15(20)21)18-14(19)11-7-17-9(2)6-12(11)16/h3-7H,1-2H3,(H,18,19)(H,20,21). The van der Waals surface area contributed by atoms with Crippen LogP contribution >= 0.6 is 11.6 Å². The van der Waals surface area contributed by atoms with E-state index < -0.39 is 11.9 Å². The first-order valence-corrected chi connectivity index (χ1v) is 6.53. The van der Waals surface area contributed by atoms with Gasteiger partial charge in [0.05, 0.1) is 21.8 Å². The Balaban J connectivity index is 2.34. The zero-order chi connectivity index (χ0) is 15.6. The molecule has 0 fully saturated rings. The molecule has 0 radical (unpaired) electrons. The van der Waals surface area contributed by atoms with Gasteiger partial charge in [0.15, 0.2) is 0 Å². The molecule has 2 N–H and O–H groups in total. The number of carbonyl (C=O) groups is 2. The minimum atomic E-state index is -1.11. The Morgan fingerprint density at radius 3 is 2.52 bits per heavy atom. The molecule has 0 bridgehead atoms. The van der Waals surface area contributed by atoms with Crippen LogP contribution in [0.4, 0.5) is 5.69 Å². The molecule has 1 amide bonds. The molecule has 21 heavy (non-hydrogen) atoms. The van der Waals surface area contributed by atoms with E-state index in [9.17, 15) is 14.7 Å². The van der Waals surface area contributed by atoms with Crippen LogP contribution in [0.25, 0.3) is 0 Å². The zero-order valence-electron chi connectivity index (χ0n) is 11.5. The number of pyridine rings is 1. The molecule has 0 aliphatic rings. The molecule has 0 saturated carbocycles. The van der Waals surface area contributed by atoms with Crippen molar-refractivity contribution in [2.45, 2.75) is 13.8 Å². The molecular formula is C15H13ClN2O3. The van der Waals surface area contributed by atoms with Crippen molar-refractivity contribution in [1.29, 1.82) is 0 Å². The Bertz CT molecular complexity index is 729. The highest BCUT2D eigenvalue weighted by atomic mass is 35.5. The quantitative estimate of drug-likeness (QED) is 0.912. The van der Waals surface area contributed by atoms with Gasteiger partial charge in [0.25, 0.3) is 5.91 Å². The predicted octanol–water partition coefficient (Wildman–Crippen LogP) is 3.30. The molecule has 1 heterocycles. The molecule has 108 valence electrons. The lowest BCUT2D eigenvalue weighted by atomic mass is 10.1. The summed E-state index contributed by atoms with van der Waals surface area (Å²) >= 11 is 6.00. The first-order valence-electron chi connectivity index (χ1n) is 6.16. The topological polar surface area (TPSA) is 79.3 Å². The summed E-state index contributed by atoms with van der Waals surface area (Å²) in [5.74, 6) is -1.61. The number of benzene rings is 1. The predicted molar refractivity (Wildman–Crippen MR) is 80.1 cm³/mol. The molecule has 0 aliphatic heterocycles. The van der Waals surface area contributed by atoms with Crippen LogP contribution in [0.3, 0.4) is 0 Å². The molecule has 6 heteroatoms. The smallest absolute Gasteiger partial charge is 0.337 e. The van der Waals surface area contributed by atoms with Gasteiger partial charge in [-0.15, -0.1) is 0 Å². The molecule has 0 saturated heterocycles. The van der Waals surface area contributed by atoms with Crippen molar-refractivity contribution in [3.63, 3.8) is 0 Å². The lowest BCUT2D eigenvalue weighted by molar-refractivity contribution is 0.0698. The molecule has 1 aromatic carbocycles. The maximum Gasteiger partial charge on any atom is 0.337 e. The van der Waals surface area contributed by atoms with E-state index in [-0.39, 0.29) is 21.8 Å². The summed E-state index contributed by atoms with van der Waals surface area (Å²) < 4.78 is 0. The van der Waals surface area contributed by atoms with Crippen molar-refractivity contribution in [2.75, 3.05) is 5.32 Å². The number of halogens is 1. The van der Waals surface area contributed by atoms with E-state index in [2.05, 4.69) is 10.3 Å². The lowest BCUT2D eigenvalue weighted by Crippen LogP contribution is -2.15. The molecule has 0 unspecified atom stereocenters. The number of aromatic nitrogens is 1. The number of rotatable bonds is 3. The van der Waals surface area contributed by atoms with E-state index in [1.807, 2.05) is 0 Å². The van der Waals surface area contributed by atoms with Crippen LogP contribution in [0.2, 0.25) is 5.02 Å². The van der Waals surface area contributed by atoms with Crippen LogP contribution in [0.15, 0.2) is 30.5 Å². The minimum absolute atomic E-state index is 0.0274. The van der Waals surface area contributed by atoms with Gasteiger partial charge in [-0.2, -0.15) is 0 Å². The molecule has 2 rings (SSSR count). The second-order valence-electron chi connectivity index (χ2n) is 4.61. The van der Waals surface area contributed by atoms with Crippen LogP contribution < -0.4 is 5.32 Å². The van der Waals surface area contributed by atoms with Gasteiger partial charge < -0.3 is 10.4 Å². The van der Waals surface area contributed by atoms with Gasteiger partial charge in [-0.3, -0.25) is 9.78 Å². The van der Waals surface area contributed by atoms with Gasteiger partial charge in [-0.05, 0) is 32.0 Å². The number of carboxylic acid groups (broad SMARTS) is 1. The fourth-order valence-corrected chi connectivity index (χ4v) is 2.12. The lowest BCUT2D eigenvalue weighted by Gasteiger charge is -2.10. The highest BCUT2D eigenvalue weighted by molar-refractivity contribution is 6.34. The summed E-state index contributed by atoms with van der Waals surface area (Å²) in [7, 11) is 0. The molecule has 0 atom stereocenters. The second-order valence-corrected chi connectivity index (χ2v) is 5.02. The van der Waals surface area contributed by atoms with Gasteiger partial charge in [-0.25, -0.2) is 4.79 Å². The van der Waals surface area contributed by atoms with Crippen LogP contribution in [0.1, 0.15) is 32.0 Å². The first kappa shape index (κ1) is 15.0. The second kappa shape index (κ2) is 5.93. The number of aryl methyl sites for hydroxylation is 2. The number of hydrogen-bond donors (Lipinski definition) is 2. The SMILES string of the molecule is Cc1ccc(NC(=O)c2cnc(C)cc2Cl)c(C(=O)O)c1. The van der Waals surface area contributed by atoms with Crippen molar-refractivity contribution >= 4 is 29.2 Å². The Kier molecular flexibility index (Phi) is 4.23. The number of carboxylic acids is 1. The maximum atomic E-state index is 12.2. The van der Waals surface area contributed by atoms with Gasteiger partial charge in [-0.1, -0.05) is 23.2 Å². The summed E-state index contributed by atoms with van der Waals surface area (Å²) in [5, 5.41) is 12.0. The van der Waals surface area contributed by atoms with Gasteiger partial charge >= 0.3 is 5.97 Å². The van der Waals surface area contributed by atoms with Gasteiger partial charge in [0.2, 0.25) is 0 Å². The van der Waals surface area contributed by atoms with Crippen molar-refractivity contribution in [1.82, 2.24) is 4.98 Å². The van der Waals surface area contributed by atoms with E-state index in [4.69, 9.17) is 11.6 Å². The summed E-state index contributed by atoms with van der Waals surface area (Å²) in [4.78, 5) is 27.4. The first-order chi connectivity index (χ1) is 9.88. The molecular weight excluding hydrogens is 292 g/mol. The van der Waals surface area contributed by atoms with Gasteiger partial charge in [0.1, 0.15) is 0 Å². The number of anilines is 1. The van der Waals surface area contributed by atoms with Crippen molar-refractivity contribution in [2.24, 2.45) is 0 Å². The zero-order valence-corrected chi connectivity index (χ0v) is 12.2. The van der Waals surface area contributed by atoms with E-state index in [1.54, 1.807) is 32.0 Å². The molecule has 5 nitrogen and oxygen atoms in total. The number of hydrogen-bond acceptors (Lipinski definition) is 3. The number of aromatic carboxylic acids is 1. The largest absolute Gasteiger partial charge is 0.478 e. The Morgan fingerprint density at radius 2 is 1.90 bits per heavy atom. The minimum Gasteiger partial charge on any atom is -0.478 e. The summed E-state index contributed by atoms with van der Waals surface area (Å²) in [6.07, 6.45) is 1.36. The Morgan fingerprint density at radius 1 is 1.19 bits per heavy atom. The third-order valence-electron chi connectivity index (χ3n) is 2.89. The molecule has 2 aromatic rings. The maximum absolute atomic E-state index is 12.2. The normalized spacial score (nSPS) is 10.2. The monoisotopic (exact) mass is 304 g/mol. The highest BCUT2D eigenvalue weighted by Gasteiger charge is 2.16. The van der Waals surface area contributed by atoms with Crippen molar-refractivity contribution in [3.05, 3.63) is 57.9 Å². The number of amides is 1. The molecule has 1 aromatic heterocycles. The summed E-state index contributed by atoms with van der Waals surface area (Å²) in [5.41, 5.74) is 1.92. The molecule has 0 aliphatic carbocycles. The van der Waals surface area contributed by atoms with E-state index in [0.29, 0.717) is 5.69 Å². The van der Waals surface area contributed by atoms with Crippen LogP contribution in [0.5, 0.6) is 0 Å². The van der Waals surface area contributed by atoms with Crippen LogP contribution in [-0.2, 0) is 0 Å². The Labute approximate surface area is 126 Å². The third-order valence-corrected chi connectivity index (χ3v) is 3.20. The average Bonchev–Trinajstić information content (AvgIpc) is 2.40. The van der Waals surface area contributed by atoms with Crippen LogP contribution in [0, 0.1) is 13.8 Å². The summed E-state index contributed by atoms with van der Waals surface area (Å²) in [6.45, 7) is 3.54. The average molecular weight is 305 g/mol. The third kappa shape index (κ3) is 3.38. The van der Waals surface area contributed by atoms with Crippen LogP contribution in [-0.4, -0.2) is 22.0 Å². The number of carbonyl (C=O) groups excluding carboxylic acids is 1. The van der Waals surface area contributed by atoms with Crippen molar-refractivity contribution < 1.29 is 14.7 Å². The highest BCUT2D eigenvalue weighted by Crippen LogP contribution is 2.21. The fourth-order valence-electron chi connectivity index (χ4n) is 1.83. The number of nitrogens with zero attached hydrogens (tertiary/aromatic N) is 1. The van der Waals surface area contributed by atoms with Crippen molar-refractivity contribution in [3.8, 4) is 0 Å². The fraction of sp³-hybridized carbons (Fsp3) is 0.133. The summed E-state index contributed by atoms with van der Waals surface area (Å²) in [6, 6.07) is 6.33. The van der Waals surface area contributed by atoms with E-state index in [1.165, 1.54) is 12.3 Å². The van der Waals surface area contributed by atoms with Gasteiger partial charge in [0, 0.05) is 11.9 Å². The van der Waals surface area contributed by atoms with E-state index >= 15 is 0 Å². The number of nitrogens with one attached hydrogen (secondary N) is 1. The van der Waals surface area contributed by atoms with E-state index in [0.717, 1.165) is 5.56 Å². The molecule has 0 spiro atoms.